The summed E-state index contributed by atoms with van der Waals surface area (Å²) >= 11 is 0. The van der Waals surface area contributed by atoms with Crippen molar-refractivity contribution < 1.29 is 9.59 Å². The van der Waals surface area contributed by atoms with Crippen molar-refractivity contribution >= 4 is 17.9 Å². The van der Waals surface area contributed by atoms with E-state index in [2.05, 4.69) is 58.1 Å². The smallest absolute Gasteiger partial charge is 0.325 e. The van der Waals surface area contributed by atoms with Crippen molar-refractivity contribution in [2.75, 3.05) is 39.8 Å². The zero-order valence-corrected chi connectivity index (χ0v) is 16.8. The van der Waals surface area contributed by atoms with Gasteiger partial charge in [0, 0.05) is 39.8 Å². The maximum atomic E-state index is 12.7. The third-order valence-electron chi connectivity index (χ3n) is 5.91. The first-order valence-corrected chi connectivity index (χ1v) is 9.93. The number of benzene rings is 1. The number of hydrogen-bond donors (Lipinski definition) is 1. The molecule has 0 spiro atoms. The minimum absolute atomic E-state index is 0.272. The van der Waals surface area contributed by atoms with E-state index in [4.69, 9.17) is 4.99 Å². The number of likely N-dealkylation sites (N-methyl/N-ethyl adjacent to an activating group) is 2. The molecule has 3 aliphatic heterocycles. The maximum Gasteiger partial charge on any atom is 0.325 e. The monoisotopic (exact) mass is 384 g/mol. The van der Waals surface area contributed by atoms with E-state index in [-0.39, 0.29) is 11.9 Å². The Morgan fingerprint density at radius 3 is 2.43 bits per heavy atom. The zero-order valence-electron chi connectivity index (χ0n) is 16.8. The van der Waals surface area contributed by atoms with E-state index in [1.165, 1.54) is 10.5 Å². The quantitative estimate of drug-likeness (QED) is 0.830. The fraction of sp³-hybridized carbons (Fsp3) is 0.550. The van der Waals surface area contributed by atoms with Crippen LogP contribution in [0.1, 0.15) is 18.1 Å². The Hall–Kier alpha value is -2.61. The van der Waals surface area contributed by atoms with E-state index in [0.717, 1.165) is 44.2 Å². The first-order valence-electron chi connectivity index (χ1n) is 9.93. The van der Waals surface area contributed by atoms with Gasteiger partial charge in [0.25, 0.3) is 5.91 Å². The number of piperazine rings is 1. The summed E-state index contributed by atoms with van der Waals surface area (Å²) in [5, 5.41) is 2.47. The van der Waals surface area contributed by atoms with Gasteiger partial charge in [0.15, 0.2) is 18.2 Å². The maximum absolute atomic E-state index is 12.7. The van der Waals surface area contributed by atoms with Crippen LogP contribution in [0.5, 0.6) is 0 Å². The van der Waals surface area contributed by atoms with Gasteiger partial charge in [-0.25, -0.2) is 9.79 Å². The van der Waals surface area contributed by atoms with Crippen LogP contribution in [0.4, 0.5) is 4.79 Å². The molecule has 2 atom stereocenters. The van der Waals surface area contributed by atoms with Gasteiger partial charge in [-0.15, -0.1) is 0 Å². The molecule has 1 aromatic carbocycles. The van der Waals surface area contributed by atoms with Gasteiger partial charge in [-0.1, -0.05) is 36.8 Å². The molecule has 2 fully saturated rings. The van der Waals surface area contributed by atoms with Crippen LogP contribution in [-0.2, 0) is 11.3 Å². The zero-order chi connectivity index (χ0) is 19.8. The number of aliphatic imine (C=N–C) groups is 1. The normalized spacial score (nSPS) is 25.7. The van der Waals surface area contributed by atoms with E-state index in [0.29, 0.717) is 6.54 Å². The minimum atomic E-state index is -0.497. The number of imide groups is 1. The number of hydrogen-bond acceptors (Lipinski definition) is 6. The summed E-state index contributed by atoms with van der Waals surface area (Å²) in [5.41, 5.74) is 2.33. The molecule has 2 unspecified atom stereocenters. The number of nitrogens with zero attached hydrogens (tertiary/aromatic N) is 5. The second-order valence-corrected chi connectivity index (χ2v) is 7.73. The summed E-state index contributed by atoms with van der Waals surface area (Å²) in [6, 6.07) is 7.45. The molecule has 28 heavy (non-hydrogen) atoms. The summed E-state index contributed by atoms with van der Waals surface area (Å²) in [6.45, 7) is 9.55. The third kappa shape index (κ3) is 3.32. The van der Waals surface area contributed by atoms with E-state index in [9.17, 15) is 9.59 Å². The lowest BCUT2D eigenvalue weighted by molar-refractivity contribution is -0.127. The Balaban J connectivity index is 1.63. The lowest BCUT2D eigenvalue weighted by Crippen LogP contribution is -2.64. The van der Waals surface area contributed by atoms with Gasteiger partial charge in [-0.3, -0.25) is 10.1 Å². The van der Waals surface area contributed by atoms with E-state index < -0.39 is 12.2 Å². The second kappa shape index (κ2) is 7.43. The fourth-order valence-corrected chi connectivity index (χ4v) is 4.10. The third-order valence-corrected chi connectivity index (χ3v) is 5.91. The molecular formula is C20H28N6O2. The number of carbonyl (C=O) groups is 2. The number of rotatable bonds is 3. The van der Waals surface area contributed by atoms with Gasteiger partial charge in [-0.2, -0.15) is 0 Å². The number of urea groups is 1. The molecule has 1 aromatic rings. The summed E-state index contributed by atoms with van der Waals surface area (Å²) in [5.74, 6) is 0.550. The molecule has 2 saturated heterocycles. The summed E-state index contributed by atoms with van der Waals surface area (Å²) < 4.78 is 0. The largest absolute Gasteiger partial charge is 0.340 e. The summed E-state index contributed by atoms with van der Waals surface area (Å²) in [4.78, 5) is 37.9. The van der Waals surface area contributed by atoms with Gasteiger partial charge in [0.1, 0.15) is 0 Å². The highest BCUT2D eigenvalue weighted by Crippen LogP contribution is 2.27. The van der Waals surface area contributed by atoms with Crippen LogP contribution in [-0.4, -0.2) is 89.5 Å². The topological polar surface area (TPSA) is 71.5 Å². The Morgan fingerprint density at radius 1 is 1.11 bits per heavy atom. The van der Waals surface area contributed by atoms with Crippen LogP contribution in [0.3, 0.4) is 0 Å². The van der Waals surface area contributed by atoms with E-state index >= 15 is 0 Å². The van der Waals surface area contributed by atoms with Crippen molar-refractivity contribution in [1.82, 2.24) is 24.9 Å². The predicted molar refractivity (Wildman–Crippen MR) is 107 cm³/mol. The molecule has 8 nitrogen and oxygen atoms in total. The Kier molecular flexibility index (Phi) is 4.97. The molecule has 3 aliphatic rings. The van der Waals surface area contributed by atoms with Crippen molar-refractivity contribution in [3.05, 3.63) is 35.4 Å². The number of carbonyl (C=O) groups excluding carboxylic acids is 2. The molecule has 0 bridgehead atoms. The molecule has 8 heteroatoms. The van der Waals surface area contributed by atoms with Gasteiger partial charge >= 0.3 is 6.03 Å². The Bertz CT molecular complexity index is 784. The lowest BCUT2D eigenvalue weighted by atomic mass is 10.1. The summed E-state index contributed by atoms with van der Waals surface area (Å²) in [7, 11) is 1.70. The van der Waals surface area contributed by atoms with Gasteiger partial charge < -0.3 is 19.6 Å². The summed E-state index contributed by atoms with van der Waals surface area (Å²) in [6.07, 6.45) is -0.481. The van der Waals surface area contributed by atoms with Gasteiger partial charge in [-0.05, 0) is 19.0 Å². The van der Waals surface area contributed by atoms with E-state index in [1.54, 1.807) is 7.05 Å². The molecule has 0 aliphatic carbocycles. The number of guanidine groups is 1. The van der Waals surface area contributed by atoms with Gasteiger partial charge in [0.2, 0.25) is 0 Å². The van der Waals surface area contributed by atoms with Crippen molar-refractivity contribution in [1.29, 1.82) is 0 Å². The minimum Gasteiger partial charge on any atom is -0.340 e. The molecule has 0 aromatic heterocycles. The van der Waals surface area contributed by atoms with Crippen molar-refractivity contribution in [2.45, 2.75) is 32.6 Å². The van der Waals surface area contributed by atoms with Crippen LogP contribution in [0, 0.1) is 6.92 Å². The van der Waals surface area contributed by atoms with Crippen LogP contribution in [0.15, 0.2) is 29.3 Å². The lowest BCUT2D eigenvalue weighted by Gasteiger charge is -2.40. The van der Waals surface area contributed by atoms with Crippen molar-refractivity contribution in [3.63, 3.8) is 0 Å². The van der Waals surface area contributed by atoms with Crippen LogP contribution < -0.4 is 5.32 Å². The van der Waals surface area contributed by atoms with E-state index in [1.807, 2.05) is 0 Å². The van der Waals surface area contributed by atoms with Crippen molar-refractivity contribution in [3.8, 4) is 0 Å². The number of aryl methyl sites for hydroxylation is 1. The average Bonchev–Trinajstić information content (AvgIpc) is 3.08. The van der Waals surface area contributed by atoms with Crippen molar-refractivity contribution in [2.24, 2.45) is 4.99 Å². The molecule has 3 heterocycles. The van der Waals surface area contributed by atoms with Crippen LogP contribution in [0.25, 0.3) is 0 Å². The standard InChI is InChI=1S/C20H28N6O2/c1-4-24-9-11-25(12-10-24)19-21-17-16(18(27)22-20(28)23(17)3)26(19)13-15-7-5-14(2)6-8-15/h5-8,16-17H,4,9-13H2,1-3H3,(H,22,27,28). The second-order valence-electron chi connectivity index (χ2n) is 7.73. The molecule has 150 valence electrons. The predicted octanol–water partition coefficient (Wildman–Crippen LogP) is 0.680. The first-order chi connectivity index (χ1) is 13.5. The first kappa shape index (κ1) is 18.7. The fourth-order valence-electron chi connectivity index (χ4n) is 4.10. The molecule has 4 rings (SSSR count). The number of nitrogens with one attached hydrogen (secondary N) is 1. The molecule has 3 amide bonds. The highest BCUT2D eigenvalue weighted by molar-refractivity contribution is 6.03. The van der Waals surface area contributed by atoms with Gasteiger partial charge in [0.05, 0.1) is 0 Å². The highest BCUT2D eigenvalue weighted by atomic mass is 16.2. The molecule has 0 radical (unpaired) electrons. The van der Waals surface area contributed by atoms with Crippen LogP contribution in [0.2, 0.25) is 0 Å². The molecule has 1 N–H and O–H groups in total. The average molecular weight is 384 g/mol. The number of fused-ring (bicyclic) bond motifs is 1. The molecular weight excluding hydrogens is 356 g/mol. The molecule has 0 saturated carbocycles. The Morgan fingerprint density at radius 2 is 1.79 bits per heavy atom. The van der Waals surface area contributed by atoms with Crippen LogP contribution >= 0.6 is 0 Å². The Labute approximate surface area is 165 Å². The SMILES string of the molecule is CCN1CCN(C2=NC3C(C(=O)NC(=O)N3C)N2Cc2ccc(C)cc2)CC1. The number of amides is 3. The highest BCUT2D eigenvalue weighted by Gasteiger charge is 2.49.